The first-order chi connectivity index (χ1) is 8.92. The molecular weight excluding hydrogens is 244 g/mol. The Morgan fingerprint density at radius 3 is 2.95 bits per heavy atom. The molecule has 2 saturated heterocycles. The maximum absolute atomic E-state index is 11.8. The van der Waals surface area contributed by atoms with Gasteiger partial charge in [0.25, 0.3) is 0 Å². The van der Waals surface area contributed by atoms with Crippen molar-refractivity contribution in [3.8, 4) is 0 Å². The van der Waals surface area contributed by atoms with Crippen molar-refractivity contribution in [1.29, 1.82) is 0 Å². The summed E-state index contributed by atoms with van der Waals surface area (Å²) in [5.74, 6) is -0.253. The number of epoxide rings is 1. The third-order valence-corrected chi connectivity index (χ3v) is 5.06. The maximum atomic E-state index is 11.8. The summed E-state index contributed by atoms with van der Waals surface area (Å²) in [4.78, 5) is 11.8. The average Bonchev–Trinajstić information content (AvgIpc) is 2.95. The van der Waals surface area contributed by atoms with E-state index in [1.165, 1.54) is 0 Å². The van der Waals surface area contributed by atoms with Gasteiger partial charge in [-0.2, -0.15) is 0 Å². The van der Waals surface area contributed by atoms with Crippen molar-refractivity contribution >= 4 is 5.97 Å². The number of aliphatic hydroxyl groups excluding tert-OH is 1. The molecule has 0 radical (unpaired) electrons. The van der Waals surface area contributed by atoms with Gasteiger partial charge in [0.2, 0.25) is 0 Å². The highest BCUT2D eigenvalue weighted by atomic mass is 16.6. The normalized spacial score (nSPS) is 52.5. The first-order valence-corrected chi connectivity index (χ1v) is 7.15. The standard InChI is InChI=1S/C15H22O4/c1-8-5-4-6-15(3)13(19-15)12-10(7-11(8)16)9(2)14(17)18-12/h5,9-13,16H,4,6-7H2,1-3H3/b8-5+/t9-,10+,11-,12+,13+,15-/m1/s1. The number of aliphatic hydroxyl groups is 1. The van der Waals surface area contributed by atoms with Crippen molar-refractivity contribution < 1.29 is 19.4 Å². The summed E-state index contributed by atoms with van der Waals surface area (Å²) in [7, 11) is 0. The van der Waals surface area contributed by atoms with Gasteiger partial charge >= 0.3 is 5.97 Å². The number of ether oxygens (including phenoxy) is 2. The third-order valence-electron chi connectivity index (χ3n) is 5.06. The number of hydrogen-bond donors (Lipinski definition) is 1. The fourth-order valence-electron chi connectivity index (χ4n) is 3.45. The Labute approximate surface area is 113 Å². The van der Waals surface area contributed by atoms with Crippen LogP contribution in [0.3, 0.4) is 0 Å². The average molecular weight is 266 g/mol. The van der Waals surface area contributed by atoms with E-state index in [4.69, 9.17) is 9.47 Å². The second-order valence-electron chi connectivity index (χ2n) is 6.44. The summed E-state index contributed by atoms with van der Waals surface area (Å²) in [6, 6.07) is 0. The van der Waals surface area contributed by atoms with E-state index >= 15 is 0 Å². The van der Waals surface area contributed by atoms with E-state index in [9.17, 15) is 9.90 Å². The van der Waals surface area contributed by atoms with Gasteiger partial charge in [-0.05, 0) is 38.7 Å². The van der Waals surface area contributed by atoms with E-state index in [1.54, 1.807) is 0 Å². The predicted molar refractivity (Wildman–Crippen MR) is 69.4 cm³/mol. The summed E-state index contributed by atoms with van der Waals surface area (Å²) in [5, 5.41) is 10.2. The molecule has 0 bridgehead atoms. The highest BCUT2D eigenvalue weighted by Gasteiger charge is 2.62. The molecule has 4 nitrogen and oxygen atoms in total. The smallest absolute Gasteiger partial charge is 0.309 e. The molecular formula is C15H22O4. The lowest BCUT2D eigenvalue weighted by atomic mass is 9.80. The number of esters is 1. The van der Waals surface area contributed by atoms with Crippen LogP contribution in [0.1, 0.15) is 40.0 Å². The van der Waals surface area contributed by atoms with Gasteiger partial charge in [-0.25, -0.2) is 0 Å². The molecule has 4 heteroatoms. The molecule has 2 fully saturated rings. The summed E-state index contributed by atoms with van der Waals surface area (Å²) in [5.41, 5.74) is 0.833. The van der Waals surface area contributed by atoms with E-state index in [-0.39, 0.29) is 35.6 Å². The zero-order valence-electron chi connectivity index (χ0n) is 11.8. The molecule has 0 aromatic carbocycles. The molecule has 0 spiro atoms. The summed E-state index contributed by atoms with van der Waals surface area (Å²) >= 11 is 0. The van der Waals surface area contributed by atoms with Crippen LogP contribution >= 0.6 is 0 Å². The van der Waals surface area contributed by atoms with Gasteiger partial charge in [0.05, 0.1) is 17.6 Å². The number of carbonyl (C=O) groups is 1. The van der Waals surface area contributed by atoms with Gasteiger partial charge in [0.1, 0.15) is 12.2 Å². The molecule has 0 amide bonds. The Hall–Kier alpha value is -0.870. The Balaban J connectivity index is 1.89. The predicted octanol–water partition coefficient (Wildman–Crippen LogP) is 1.81. The first kappa shape index (κ1) is 13.1. The molecule has 0 saturated carbocycles. The number of fused-ring (bicyclic) bond motifs is 3. The Bertz CT molecular complexity index is 430. The first-order valence-electron chi connectivity index (χ1n) is 7.15. The number of rotatable bonds is 0. The summed E-state index contributed by atoms with van der Waals surface area (Å²) in [6.45, 7) is 5.94. The molecule has 2 aliphatic heterocycles. The van der Waals surface area contributed by atoms with Gasteiger partial charge in [0.15, 0.2) is 0 Å². The molecule has 0 aromatic heterocycles. The van der Waals surface area contributed by atoms with Crippen LogP contribution in [0, 0.1) is 11.8 Å². The molecule has 0 aromatic rings. The van der Waals surface area contributed by atoms with Crippen molar-refractivity contribution in [2.24, 2.45) is 11.8 Å². The molecule has 6 atom stereocenters. The van der Waals surface area contributed by atoms with Gasteiger partial charge < -0.3 is 14.6 Å². The number of carbonyl (C=O) groups excluding carboxylic acids is 1. The highest BCUT2D eigenvalue weighted by Crippen LogP contribution is 2.50. The molecule has 1 N–H and O–H groups in total. The quantitative estimate of drug-likeness (QED) is 0.413. The minimum atomic E-state index is -0.479. The van der Waals surface area contributed by atoms with E-state index in [2.05, 4.69) is 13.0 Å². The molecule has 1 aliphatic carbocycles. The monoisotopic (exact) mass is 266 g/mol. The van der Waals surface area contributed by atoms with Crippen LogP contribution in [0.25, 0.3) is 0 Å². The highest BCUT2D eigenvalue weighted by molar-refractivity contribution is 5.75. The number of hydrogen-bond acceptors (Lipinski definition) is 4. The van der Waals surface area contributed by atoms with Crippen molar-refractivity contribution in [1.82, 2.24) is 0 Å². The fourth-order valence-corrected chi connectivity index (χ4v) is 3.45. The lowest BCUT2D eigenvalue weighted by molar-refractivity contribution is -0.144. The molecule has 19 heavy (non-hydrogen) atoms. The van der Waals surface area contributed by atoms with Crippen LogP contribution in [0.4, 0.5) is 0 Å². The third kappa shape index (κ3) is 2.11. The minimum Gasteiger partial charge on any atom is -0.459 e. The van der Waals surface area contributed by atoms with Gasteiger partial charge in [-0.15, -0.1) is 0 Å². The fraction of sp³-hybridized carbons (Fsp3) is 0.800. The van der Waals surface area contributed by atoms with Crippen LogP contribution in [0.5, 0.6) is 0 Å². The molecule has 106 valence electrons. The number of allylic oxidation sites excluding steroid dienone is 1. The van der Waals surface area contributed by atoms with Crippen molar-refractivity contribution in [3.05, 3.63) is 11.6 Å². The van der Waals surface area contributed by atoms with Crippen LogP contribution in [-0.4, -0.2) is 35.0 Å². The summed E-state index contributed by atoms with van der Waals surface area (Å²) in [6.07, 6.45) is 3.83. The zero-order valence-corrected chi connectivity index (χ0v) is 11.8. The van der Waals surface area contributed by atoms with Crippen LogP contribution in [-0.2, 0) is 14.3 Å². The molecule has 3 rings (SSSR count). The minimum absolute atomic E-state index is 0.00501. The molecule has 2 heterocycles. The SMILES string of the molecule is C/C1=C\CC[C@@]2(C)O[C@H]2[C@H]2OC(=O)[C@H](C)[C@@H]2C[C@H]1O. The zero-order chi connectivity index (χ0) is 13.8. The van der Waals surface area contributed by atoms with E-state index in [0.717, 1.165) is 18.4 Å². The maximum Gasteiger partial charge on any atom is 0.309 e. The van der Waals surface area contributed by atoms with Crippen LogP contribution < -0.4 is 0 Å². The van der Waals surface area contributed by atoms with Gasteiger partial charge in [0, 0.05) is 5.92 Å². The molecule has 0 unspecified atom stereocenters. The topological polar surface area (TPSA) is 59.1 Å². The van der Waals surface area contributed by atoms with Crippen LogP contribution in [0.15, 0.2) is 11.6 Å². The van der Waals surface area contributed by atoms with E-state index in [0.29, 0.717) is 6.42 Å². The second-order valence-corrected chi connectivity index (χ2v) is 6.44. The Morgan fingerprint density at radius 2 is 2.21 bits per heavy atom. The van der Waals surface area contributed by atoms with Crippen molar-refractivity contribution in [2.75, 3.05) is 0 Å². The van der Waals surface area contributed by atoms with E-state index in [1.807, 2.05) is 13.8 Å². The van der Waals surface area contributed by atoms with Crippen molar-refractivity contribution in [3.63, 3.8) is 0 Å². The Kier molecular flexibility index (Phi) is 2.98. The Morgan fingerprint density at radius 1 is 1.47 bits per heavy atom. The van der Waals surface area contributed by atoms with Gasteiger partial charge in [-0.3, -0.25) is 4.79 Å². The van der Waals surface area contributed by atoms with Crippen molar-refractivity contribution in [2.45, 2.75) is 63.9 Å². The van der Waals surface area contributed by atoms with E-state index < -0.39 is 6.10 Å². The van der Waals surface area contributed by atoms with Crippen LogP contribution in [0.2, 0.25) is 0 Å². The lowest BCUT2D eigenvalue weighted by Crippen LogP contribution is -2.32. The molecule has 3 aliphatic rings. The van der Waals surface area contributed by atoms with Gasteiger partial charge in [-0.1, -0.05) is 13.0 Å². The lowest BCUT2D eigenvalue weighted by Gasteiger charge is -2.23. The largest absolute Gasteiger partial charge is 0.459 e. The summed E-state index contributed by atoms with van der Waals surface area (Å²) < 4.78 is 11.3. The second kappa shape index (κ2) is 4.32.